The summed E-state index contributed by atoms with van der Waals surface area (Å²) in [5, 5.41) is 11.8. The van der Waals surface area contributed by atoms with Crippen molar-refractivity contribution < 1.29 is 4.79 Å². The molecule has 1 amide bonds. The number of likely N-dealkylation sites (tertiary alicyclic amines) is 1. The molecule has 2 atom stereocenters. The predicted molar refractivity (Wildman–Crippen MR) is 81.9 cm³/mol. The van der Waals surface area contributed by atoms with Gasteiger partial charge in [0.1, 0.15) is 0 Å². The minimum absolute atomic E-state index is 0.0900. The summed E-state index contributed by atoms with van der Waals surface area (Å²) in [6, 6.07) is 6.65. The number of carbonyl (C=O) groups excluding carboxylic acids is 1. The second kappa shape index (κ2) is 5.21. The van der Waals surface area contributed by atoms with Crippen LogP contribution < -0.4 is 5.32 Å². The largest absolute Gasteiger partial charge is 0.334 e. The highest BCUT2D eigenvalue weighted by atomic mass is 16.2. The predicted octanol–water partition coefficient (Wildman–Crippen LogP) is 1.15. The van der Waals surface area contributed by atoms with E-state index < -0.39 is 0 Å². The third kappa shape index (κ3) is 2.20. The van der Waals surface area contributed by atoms with Crippen molar-refractivity contribution in [2.75, 3.05) is 13.1 Å². The molecule has 6 nitrogen and oxygen atoms in total. The quantitative estimate of drug-likeness (QED) is 0.903. The standard InChI is InChI=1S/C16H19N5O/c1-11-2-3-15(21-18-6-7-19-21)14(8-11)16(22)20-10-12-9-13(20)4-5-17-12/h2-3,6-8,12-13,17H,4-5,9-10H2,1H3/t12-,13+/m1/s1. The first-order valence-corrected chi connectivity index (χ1v) is 7.74. The normalized spacial score (nSPS) is 23.8. The van der Waals surface area contributed by atoms with Gasteiger partial charge in [-0.3, -0.25) is 4.79 Å². The van der Waals surface area contributed by atoms with Crippen LogP contribution in [0.3, 0.4) is 0 Å². The Kier molecular flexibility index (Phi) is 3.18. The van der Waals surface area contributed by atoms with Crippen LogP contribution in [0.15, 0.2) is 30.6 Å². The fourth-order valence-corrected chi connectivity index (χ4v) is 3.53. The summed E-state index contributed by atoms with van der Waals surface area (Å²) in [7, 11) is 0. The first-order valence-electron chi connectivity index (χ1n) is 7.74. The van der Waals surface area contributed by atoms with Crippen LogP contribution in [-0.2, 0) is 0 Å². The van der Waals surface area contributed by atoms with E-state index in [1.165, 1.54) is 4.80 Å². The maximum atomic E-state index is 13.1. The van der Waals surface area contributed by atoms with Gasteiger partial charge in [-0.15, -0.1) is 0 Å². The number of piperidine rings is 1. The number of aryl methyl sites for hydroxylation is 1. The molecule has 6 heteroatoms. The van der Waals surface area contributed by atoms with E-state index in [2.05, 4.69) is 15.5 Å². The molecule has 1 N–H and O–H groups in total. The Hall–Kier alpha value is -2.21. The molecule has 2 aliphatic rings. The Balaban J connectivity index is 1.72. The molecule has 0 spiro atoms. The van der Waals surface area contributed by atoms with Gasteiger partial charge in [-0.2, -0.15) is 15.0 Å². The van der Waals surface area contributed by atoms with Crippen molar-refractivity contribution in [2.24, 2.45) is 0 Å². The van der Waals surface area contributed by atoms with Crippen LogP contribution in [0.1, 0.15) is 28.8 Å². The van der Waals surface area contributed by atoms with Crippen LogP contribution in [-0.4, -0.2) is 51.0 Å². The van der Waals surface area contributed by atoms with Crippen molar-refractivity contribution in [1.82, 2.24) is 25.2 Å². The number of nitrogens with one attached hydrogen (secondary N) is 1. The van der Waals surface area contributed by atoms with Crippen molar-refractivity contribution in [1.29, 1.82) is 0 Å². The van der Waals surface area contributed by atoms with Gasteiger partial charge in [0, 0.05) is 18.6 Å². The highest BCUT2D eigenvalue weighted by Crippen LogP contribution is 2.27. The van der Waals surface area contributed by atoms with Crippen molar-refractivity contribution in [3.63, 3.8) is 0 Å². The van der Waals surface area contributed by atoms with Gasteiger partial charge in [-0.1, -0.05) is 11.6 Å². The lowest BCUT2D eigenvalue weighted by molar-refractivity contribution is 0.0735. The lowest BCUT2D eigenvalue weighted by atomic mass is 10.0. The smallest absolute Gasteiger partial charge is 0.256 e. The first kappa shape index (κ1) is 13.5. The van der Waals surface area contributed by atoms with Crippen LogP contribution in [0.25, 0.3) is 5.69 Å². The van der Waals surface area contributed by atoms with E-state index in [9.17, 15) is 4.79 Å². The molecule has 0 unspecified atom stereocenters. The molecule has 1 aromatic heterocycles. The number of benzene rings is 1. The van der Waals surface area contributed by atoms with Crippen LogP contribution in [0, 0.1) is 6.92 Å². The first-order chi connectivity index (χ1) is 10.7. The molecule has 2 bridgehead atoms. The van der Waals surface area contributed by atoms with E-state index in [0.29, 0.717) is 17.6 Å². The summed E-state index contributed by atoms with van der Waals surface area (Å²) >= 11 is 0. The molecule has 1 aromatic carbocycles. The number of rotatable bonds is 2. The van der Waals surface area contributed by atoms with Crippen molar-refractivity contribution in [3.05, 3.63) is 41.7 Å². The summed E-state index contributed by atoms with van der Waals surface area (Å²) in [5.41, 5.74) is 2.50. The van der Waals surface area contributed by atoms with E-state index in [-0.39, 0.29) is 5.91 Å². The number of amides is 1. The Morgan fingerprint density at radius 3 is 2.91 bits per heavy atom. The minimum Gasteiger partial charge on any atom is -0.334 e. The van der Waals surface area contributed by atoms with Crippen LogP contribution in [0.5, 0.6) is 0 Å². The lowest BCUT2D eigenvalue weighted by Crippen LogP contribution is -2.37. The lowest BCUT2D eigenvalue weighted by Gasteiger charge is -2.25. The number of carbonyl (C=O) groups is 1. The third-order valence-electron chi connectivity index (χ3n) is 4.60. The number of hydrogen-bond acceptors (Lipinski definition) is 4. The zero-order valence-corrected chi connectivity index (χ0v) is 12.6. The molecule has 0 saturated carbocycles. The molecule has 0 radical (unpaired) electrons. The molecule has 2 fully saturated rings. The number of nitrogens with zero attached hydrogens (tertiary/aromatic N) is 4. The SMILES string of the molecule is Cc1ccc(-n2nccn2)c(C(=O)N2C[C@H]3C[C@@H]2CCN3)c1. The maximum Gasteiger partial charge on any atom is 0.256 e. The average Bonchev–Trinajstić information content (AvgIpc) is 3.15. The zero-order chi connectivity index (χ0) is 15.1. The molecule has 2 saturated heterocycles. The van der Waals surface area contributed by atoms with Crippen LogP contribution in [0.2, 0.25) is 0 Å². The van der Waals surface area contributed by atoms with E-state index in [1.807, 2.05) is 30.0 Å². The van der Waals surface area contributed by atoms with Gasteiger partial charge in [-0.25, -0.2) is 0 Å². The molecular weight excluding hydrogens is 278 g/mol. The minimum atomic E-state index is 0.0900. The fourth-order valence-electron chi connectivity index (χ4n) is 3.53. The van der Waals surface area contributed by atoms with Gasteiger partial charge in [-0.05, 0) is 38.4 Å². The Morgan fingerprint density at radius 2 is 2.14 bits per heavy atom. The summed E-state index contributed by atoms with van der Waals surface area (Å²) in [5.74, 6) is 0.0900. The molecule has 114 valence electrons. The van der Waals surface area contributed by atoms with Gasteiger partial charge in [0.2, 0.25) is 0 Å². The topological polar surface area (TPSA) is 63.1 Å². The molecule has 2 aromatic rings. The third-order valence-corrected chi connectivity index (χ3v) is 4.60. The van der Waals surface area contributed by atoms with Gasteiger partial charge in [0.15, 0.2) is 0 Å². The van der Waals surface area contributed by atoms with Gasteiger partial charge >= 0.3 is 0 Å². The fraction of sp³-hybridized carbons (Fsp3) is 0.438. The van der Waals surface area contributed by atoms with Crippen LogP contribution >= 0.6 is 0 Å². The second-order valence-corrected chi connectivity index (χ2v) is 6.13. The highest BCUT2D eigenvalue weighted by Gasteiger charge is 2.38. The van der Waals surface area contributed by atoms with E-state index in [1.54, 1.807) is 12.4 Å². The zero-order valence-electron chi connectivity index (χ0n) is 12.6. The molecular formula is C16H19N5O. The summed E-state index contributed by atoms with van der Waals surface area (Å²) in [6.07, 6.45) is 5.35. The summed E-state index contributed by atoms with van der Waals surface area (Å²) < 4.78 is 0. The monoisotopic (exact) mass is 297 g/mol. The van der Waals surface area contributed by atoms with E-state index in [0.717, 1.165) is 37.2 Å². The molecule has 4 rings (SSSR count). The van der Waals surface area contributed by atoms with Gasteiger partial charge in [0.05, 0.1) is 23.6 Å². The Labute approximate surface area is 129 Å². The second-order valence-electron chi connectivity index (χ2n) is 6.13. The van der Waals surface area contributed by atoms with Crippen molar-refractivity contribution in [2.45, 2.75) is 31.8 Å². The number of fused-ring (bicyclic) bond motifs is 2. The summed E-state index contributed by atoms with van der Waals surface area (Å²) in [4.78, 5) is 16.6. The number of hydrogen-bond donors (Lipinski definition) is 1. The van der Waals surface area contributed by atoms with Gasteiger partial charge < -0.3 is 10.2 Å². The van der Waals surface area contributed by atoms with Crippen molar-refractivity contribution >= 4 is 5.91 Å². The summed E-state index contributed by atoms with van der Waals surface area (Å²) in [6.45, 7) is 3.80. The Morgan fingerprint density at radius 1 is 1.32 bits per heavy atom. The Bertz CT molecular complexity index is 697. The van der Waals surface area contributed by atoms with Crippen LogP contribution in [0.4, 0.5) is 0 Å². The highest BCUT2D eigenvalue weighted by molar-refractivity contribution is 5.98. The molecule has 22 heavy (non-hydrogen) atoms. The average molecular weight is 297 g/mol. The van der Waals surface area contributed by atoms with E-state index >= 15 is 0 Å². The maximum absolute atomic E-state index is 13.1. The van der Waals surface area contributed by atoms with E-state index in [4.69, 9.17) is 0 Å². The number of aromatic nitrogens is 3. The molecule has 2 aliphatic heterocycles. The van der Waals surface area contributed by atoms with Crippen molar-refractivity contribution in [3.8, 4) is 5.69 Å². The van der Waals surface area contributed by atoms with Gasteiger partial charge in [0.25, 0.3) is 5.91 Å². The molecule has 3 heterocycles. The molecule has 0 aliphatic carbocycles.